The monoisotopic (exact) mass is 217 g/mol. The highest BCUT2D eigenvalue weighted by molar-refractivity contribution is 5.50. The van der Waals surface area contributed by atoms with Crippen molar-refractivity contribution in [2.75, 3.05) is 5.32 Å². The quantitative estimate of drug-likeness (QED) is 0.781. The largest absolute Gasteiger partial charge is 0.382 e. The van der Waals surface area contributed by atoms with Gasteiger partial charge in [-0.2, -0.15) is 0 Å². The van der Waals surface area contributed by atoms with Crippen LogP contribution >= 0.6 is 0 Å². The topological polar surface area (TPSA) is 12.0 Å². The van der Waals surface area contributed by atoms with Crippen LogP contribution in [0.15, 0.2) is 24.3 Å². The van der Waals surface area contributed by atoms with Crippen molar-refractivity contribution < 1.29 is 0 Å². The number of aryl methyl sites for hydroxylation is 1. The fourth-order valence-corrected chi connectivity index (χ4v) is 2.63. The molecule has 0 bridgehead atoms. The van der Waals surface area contributed by atoms with Crippen LogP contribution in [0, 0.1) is 18.8 Å². The molecule has 1 N–H and O–H groups in total. The van der Waals surface area contributed by atoms with E-state index < -0.39 is 0 Å². The van der Waals surface area contributed by atoms with Gasteiger partial charge in [0.05, 0.1) is 0 Å². The number of benzene rings is 1. The molecule has 1 aliphatic carbocycles. The molecule has 16 heavy (non-hydrogen) atoms. The van der Waals surface area contributed by atoms with E-state index in [1.807, 2.05) is 0 Å². The summed E-state index contributed by atoms with van der Waals surface area (Å²) < 4.78 is 0. The lowest BCUT2D eigenvalue weighted by atomic mass is 9.79. The van der Waals surface area contributed by atoms with E-state index in [4.69, 9.17) is 0 Å². The summed E-state index contributed by atoms with van der Waals surface area (Å²) >= 11 is 0. The number of para-hydroxylation sites is 1. The van der Waals surface area contributed by atoms with Crippen molar-refractivity contribution >= 4 is 5.69 Å². The first-order valence-corrected chi connectivity index (χ1v) is 6.49. The van der Waals surface area contributed by atoms with Crippen LogP contribution < -0.4 is 5.32 Å². The summed E-state index contributed by atoms with van der Waals surface area (Å²) in [6.45, 7) is 6.95. The SMILES string of the molecule is Cc1ccccc1NC1CCC(C)C(C)C1. The first-order valence-electron chi connectivity index (χ1n) is 6.49. The molecule has 88 valence electrons. The minimum atomic E-state index is 0.673. The lowest BCUT2D eigenvalue weighted by molar-refractivity contribution is 0.261. The summed E-state index contributed by atoms with van der Waals surface area (Å²) in [5.41, 5.74) is 2.67. The molecule has 0 saturated heterocycles. The number of hydrogen-bond donors (Lipinski definition) is 1. The summed E-state index contributed by atoms with van der Waals surface area (Å²) in [5.74, 6) is 1.75. The molecule has 3 unspecified atom stereocenters. The summed E-state index contributed by atoms with van der Waals surface area (Å²) in [4.78, 5) is 0. The van der Waals surface area contributed by atoms with Gasteiger partial charge >= 0.3 is 0 Å². The van der Waals surface area contributed by atoms with Gasteiger partial charge in [0.2, 0.25) is 0 Å². The van der Waals surface area contributed by atoms with Crippen molar-refractivity contribution in [1.29, 1.82) is 0 Å². The van der Waals surface area contributed by atoms with E-state index in [-0.39, 0.29) is 0 Å². The summed E-state index contributed by atoms with van der Waals surface area (Å²) in [7, 11) is 0. The van der Waals surface area contributed by atoms with E-state index >= 15 is 0 Å². The van der Waals surface area contributed by atoms with Crippen molar-refractivity contribution in [3.63, 3.8) is 0 Å². The van der Waals surface area contributed by atoms with Crippen molar-refractivity contribution in [2.24, 2.45) is 11.8 Å². The zero-order chi connectivity index (χ0) is 11.5. The Balaban J connectivity index is 1.98. The van der Waals surface area contributed by atoms with Crippen molar-refractivity contribution in [2.45, 2.75) is 46.1 Å². The van der Waals surface area contributed by atoms with Crippen LogP contribution in [0.1, 0.15) is 38.7 Å². The second-order valence-electron chi connectivity index (χ2n) is 5.42. The molecule has 1 aromatic rings. The van der Waals surface area contributed by atoms with E-state index in [9.17, 15) is 0 Å². The van der Waals surface area contributed by atoms with Crippen LogP contribution in [0.2, 0.25) is 0 Å². The van der Waals surface area contributed by atoms with Gasteiger partial charge in [-0.25, -0.2) is 0 Å². The van der Waals surface area contributed by atoms with Crippen molar-refractivity contribution in [3.8, 4) is 0 Å². The molecule has 1 heteroatoms. The van der Waals surface area contributed by atoms with Gasteiger partial charge in [0.1, 0.15) is 0 Å². The van der Waals surface area contributed by atoms with E-state index in [0.29, 0.717) is 6.04 Å². The molecule has 0 aliphatic heterocycles. The molecule has 1 fully saturated rings. The van der Waals surface area contributed by atoms with Gasteiger partial charge in [0.25, 0.3) is 0 Å². The molecule has 0 amide bonds. The summed E-state index contributed by atoms with van der Waals surface area (Å²) in [6, 6.07) is 9.26. The summed E-state index contributed by atoms with van der Waals surface area (Å²) in [5, 5.41) is 3.70. The zero-order valence-electron chi connectivity index (χ0n) is 10.7. The van der Waals surface area contributed by atoms with Crippen LogP contribution in [-0.2, 0) is 0 Å². The Morgan fingerprint density at radius 2 is 1.81 bits per heavy atom. The maximum atomic E-state index is 3.70. The fourth-order valence-electron chi connectivity index (χ4n) is 2.63. The fraction of sp³-hybridized carbons (Fsp3) is 0.600. The predicted molar refractivity (Wildman–Crippen MR) is 70.8 cm³/mol. The minimum absolute atomic E-state index is 0.673. The van der Waals surface area contributed by atoms with E-state index in [2.05, 4.69) is 50.4 Å². The molecule has 0 radical (unpaired) electrons. The predicted octanol–water partition coefficient (Wildman–Crippen LogP) is 4.23. The van der Waals surface area contributed by atoms with Gasteiger partial charge in [-0.3, -0.25) is 0 Å². The average Bonchev–Trinajstić information content (AvgIpc) is 2.27. The maximum absolute atomic E-state index is 3.70. The molecule has 0 heterocycles. The molecule has 1 aromatic carbocycles. The van der Waals surface area contributed by atoms with E-state index in [0.717, 1.165) is 11.8 Å². The number of anilines is 1. The molecule has 1 nitrogen and oxygen atoms in total. The van der Waals surface area contributed by atoms with Crippen LogP contribution in [0.3, 0.4) is 0 Å². The molecular weight excluding hydrogens is 194 g/mol. The Hall–Kier alpha value is -0.980. The lowest BCUT2D eigenvalue weighted by Gasteiger charge is -2.33. The molecule has 2 rings (SSSR count). The second kappa shape index (κ2) is 4.90. The molecule has 1 saturated carbocycles. The Bertz CT molecular complexity index is 345. The standard InChI is InChI=1S/C15H23N/c1-11-8-9-14(10-13(11)3)16-15-7-5-4-6-12(15)2/h4-7,11,13-14,16H,8-10H2,1-3H3. The third-order valence-electron chi connectivity index (χ3n) is 4.10. The highest BCUT2D eigenvalue weighted by Gasteiger charge is 2.24. The number of hydrogen-bond acceptors (Lipinski definition) is 1. The normalized spacial score (nSPS) is 30.1. The first-order chi connectivity index (χ1) is 7.66. The lowest BCUT2D eigenvalue weighted by Crippen LogP contribution is -2.30. The Morgan fingerprint density at radius 3 is 2.50 bits per heavy atom. The first kappa shape index (κ1) is 11.5. The van der Waals surface area contributed by atoms with E-state index in [1.165, 1.54) is 30.5 Å². The zero-order valence-corrected chi connectivity index (χ0v) is 10.7. The molecule has 0 spiro atoms. The Morgan fingerprint density at radius 1 is 1.06 bits per heavy atom. The van der Waals surface area contributed by atoms with Crippen molar-refractivity contribution in [1.82, 2.24) is 0 Å². The Labute approximate surface area is 99.3 Å². The third kappa shape index (κ3) is 2.58. The highest BCUT2D eigenvalue weighted by Crippen LogP contribution is 2.31. The van der Waals surface area contributed by atoms with Crippen molar-refractivity contribution in [3.05, 3.63) is 29.8 Å². The van der Waals surface area contributed by atoms with Gasteiger partial charge in [-0.15, -0.1) is 0 Å². The molecule has 0 aromatic heterocycles. The van der Waals surface area contributed by atoms with Crippen LogP contribution in [0.4, 0.5) is 5.69 Å². The van der Waals surface area contributed by atoms with Gasteiger partial charge in [0.15, 0.2) is 0 Å². The maximum Gasteiger partial charge on any atom is 0.0372 e. The molecular formula is C15H23N. The minimum Gasteiger partial charge on any atom is -0.382 e. The summed E-state index contributed by atoms with van der Waals surface area (Å²) in [6.07, 6.45) is 4.00. The van der Waals surface area contributed by atoms with Gasteiger partial charge in [-0.1, -0.05) is 32.0 Å². The number of nitrogens with one attached hydrogen (secondary N) is 1. The second-order valence-corrected chi connectivity index (χ2v) is 5.42. The van der Waals surface area contributed by atoms with Gasteiger partial charge < -0.3 is 5.32 Å². The third-order valence-corrected chi connectivity index (χ3v) is 4.10. The molecule has 3 atom stereocenters. The number of rotatable bonds is 2. The highest BCUT2D eigenvalue weighted by atomic mass is 14.9. The smallest absolute Gasteiger partial charge is 0.0372 e. The van der Waals surface area contributed by atoms with Crippen LogP contribution in [-0.4, -0.2) is 6.04 Å². The van der Waals surface area contributed by atoms with Gasteiger partial charge in [-0.05, 0) is 49.7 Å². The van der Waals surface area contributed by atoms with Gasteiger partial charge in [0, 0.05) is 11.7 Å². The van der Waals surface area contributed by atoms with E-state index in [1.54, 1.807) is 0 Å². The molecule has 1 aliphatic rings. The van der Waals surface area contributed by atoms with Crippen LogP contribution in [0.5, 0.6) is 0 Å². The average molecular weight is 217 g/mol. The van der Waals surface area contributed by atoms with Crippen LogP contribution in [0.25, 0.3) is 0 Å². The Kier molecular flexibility index (Phi) is 3.52.